The van der Waals surface area contributed by atoms with Crippen LogP contribution in [0.15, 0.2) is 35.7 Å². The number of nitrogens with one attached hydrogen (secondary N) is 1. The second-order valence-electron chi connectivity index (χ2n) is 5.40. The Balaban J connectivity index is 1.75. The van der Waals surface area contributed by atoms with Gasteiger partial charge in [-0.05, 0) is 60.5 Å². The number of fused-ring (bicyclic) bond motifs is 2. The number of benzene rings is 1. The molecular weight excluding hydrogens is 282 g/mol. The summed E-state index contributed by atoms with van der Waals surface area (Å²) in [5.74, 6) is 0. The summed E-state index contributed by atoms with van der Waals surface area (Å²) in [5, 5.41) is 5.67. The van der Waals surface area contributed by atoms with Crippen molar-refractivity contribution in [2.24, 2.45) is 0 Å². The average Bonchev–Trinajstić information content (AvgIpc) is 3.13. The predicted molar refractivity (Wildman–Crippen MR) is 89.1 cm³/mol. The molecule has 2 aromatic heterocycles. The summed E-state index contributed by atoms with van der Waals surface area (Å²) in [7, 11) is 2.06. The van der Waals surface area contributed by atoms with Gasteiger partial charge in [0.15, 0.2) is 0 Å². The van der Waals surface area contributed by atoms with Gasteiger partial charge in [-0.3, -0.25) is 0 Å². The third-order valence-corrected chi connectivity index (χ3v) is 6.35. The first-order valence-corrected chi connectivity index (χ1v) is 8.80. The lowest BCUT2D eigenvalue weighted by atomic mass is 10.0. The molecule has 1 N–H and O–H groups in total. The average molecular weight is 299 g/mol. The van der Waals surface area contributed by atoms with E-state index in [4.69, 9.17) is 0 Å². The van der Waals surface area contributed by atoms with Gasteiger partial charge in [-0.15, -0.1) is 22.7 Å². The summed E-state index contributed by atoms with van der Waals surface area (Å²) in [6.45, 7) is 0. The summed E-state index contributed by atoms with van der Waals surface area (Å²) in [6.07, 6.45) is 3.82. The van der Waals surface area contributed by atoms with Crippen molar-refractivity contribution in [3.05, 3.63) is 57.3 Å². The molecule has 3 aromatic rings. The minimum absolute atomic E-state index is 0.325. The number of aryl methyl sites for hydroxylation is 2. The SMILES string of the molecule is CNC(c1ccc2c(c1)CCC2)c1cc2sccc2s1. The third kappa shape index (κ3) is 2.01. The minimum atomic E-state index is 0.325. The maximum absolute atomic E-state index is 3.49. The zero-order valence-corrected chi connectivity index (χ0v) is 13.1. The zero-order valence-electron chi connectivity index (χ0n) is 11.5. The molecule has 1 aliphatic rings. The van der Waals surface area contributed by atoms with Gasteiger partial charge in [-0.2, -0.15) is 0 Å². The van der Waals surface area contributed by atoms with Crippen molar-refractivity contribution in [1.82, 2.24) is 5.32 Å². The second kappa shape index (κ2) is 4.99. The summed E-state index contributed by atoms with van der Waals surface area (Å²) in [4.78, 5) is 1.42. The Kier molecular flexibility index (Phi) is 3.14. The van der Waals surface area contributed by atoms with Crippen LogP contribution in [-0.2, 0) is 12.8 Å². The van der Waals surface area contributed by atoms with Crippen molar-refractivity contribution in [2.75, 3.05) is 7.05 Å². The molecule has 20 heavy (non-hydrogen) atoms. The molecule has 0 fully saturated rings. The predicted octanol–water partition coefficient (Wildman–Crippen LogP) is 4.76. The third-order valence-electron chi connectivity index (χ3n) is 4.19. The molecule has 0 aliphatic heterocycles. The first-order chi connectivity index (χ1) is 9.85. The van der Waals surface area contributed by atoms with E-state index in [1.165, 1.54) is 39.1 Å². The topological polar surface area (TPSA) is 12.0 Å². The zero-order chi connectivity index (χ0) is 13.5. The van der Waals surface area contributed by atoms with Gasteiger partial charge in [0.05, 0.1) is 6.04 Å². The van der Waals surface area contributed by atoms with Crippen LogP contribution in [0.2, 0.25) is 0 Å². The standard InChI is InChI=1S/C17H17NS2/c1-18-17(16-10-15-14(20-16)7-8-19-15)13-6-5-11-3-2-4-12(11)9-13/h5-10,17-18H,2-4H2,1H3. The smallest absolute Gasteiger partial charge is 0.0669 e. The summed E-state index contributed by atoms with van der Waals surface area (Å²) in [6, 6.07) is 11.9. The summed E-state index contributed by atoms with van der Waals surface area (Å²) in [5.41, 5.74) is 4.51. The molecule has 2 heterocycles. The molecule has 102 valence electrons. The lowest BCUT2D eigenvalue weighted by Crippen LogP contribution is -2.16. The molecule has 0 saturated heterocycles. The first kappa shape index (κ1) is 12.6. The van der Waals surface area contributed by atoms with Crippen molar-refractivity contribution in [3.8, 4) is 0 Å². The first-order valence-electron chi connectivity index (χ1n) is 7.11. The van der Waals surface area contributed by atoms with E-state index in [-0.39, 0.29) is 0 Å². The molecule has 1 aromatic carbocycles. The van der Waals surface area contributed by atoms with Crippen LogP contribution in [0.3, 0.4) is 0 Å². The molecule has 1 aliphatic carbocycles. The van der Waals surface area contributed by atoms with Gasteiger partial charge in [0.2, 0.25) is 0 Å². The number of rotatable bonds is 3. The normalized spacial score (nSPS) is 15.7. The molecule has 0 saturated carbocycles. The van der Waals surface area contributed by atoms with Gasteiger partial charge in [0.25, 0.3) is 0 Å². The van der Waals surface area contributed by atoms with Crippen molar-refractivity contribution in [2.45, 2.75) is 25.3 Å². The van der Waals surface area contributed by atoms with Gasteiger partial charge in [0.1, 0.15) is 0 Å². The summed E-state index contributed by atoms with van der Waals surface area (Å²) >= 11 is 3.75. The lowest BCUT2D eigenvalue weighted by molar-refractivity contribution is 0.703. The Morgan fingerprint density at radius 1 is 1.05 bits per heavy atom. The lowest BCUT2D eigenvalue weighted by Gasteiger charge is -2.16. The number of thiophene rings is 2. The van der Waals surface area contributed by atoms with Crippen molar-refractivity contribution >= 4 is 32.1 Å². The van der Waals surface area contributed by atoms with Gasteiger partial charge < -0.3 is 5.32 Å². The minimum Gasteiger partial charge on any atom is -0.309 e. The quantitative estimate of drug-likeness (QED) is 0.735. The van der Waals surface area contributed by atoms with E-state index in [1.54, 1.807) is 11.1 Å². The maximum atomic E-state index is 3.49. The van der Waals surface area contributed by atoms with Gasteiger partial charge in [-0.1, -0.05) is 18.2 Å². The molecule has 0 bridgehead atoms. The van der Waals surface area contributed by atoms with E-state index in [9.17, 15) is 0 Å². The molecule has 1 atom stereocenters. The maximum Gasteiger partial charge on any atom is 0.0669 e. The fraction of sp³-hybridized carbons (Fsp3) is 0.294. The number of hydrogen-bond donors (Lipinski definition) is 1. The van der Waals surface area contributed by atoms with Gasteiger partial charge >= 0.3 is 0 Å². The van der Waals surface area contributed by atoms with Crippen LogP contribution >= 0.6 is 22.7 Å². The molecule has 3 heteroatoms. The van der Waals surface area contributed by atoms with Crippen LogP contribution in [0.25, 0.3) is 9.40 Å². The highest BCUT2D eigenvalue weighted by molar-refractivity contribution is 7.27. The highest BCUT2D eigenvalue weighted by Crippen LogP contribution is 2.36. The fourth-order valence-corrected chi connectivity index (χ4v) is 5.43. The van der Waals surface area contributed by atoms with Crippen LogP contribution in [0.4, 0.5) is 0 Å². The van der Waals surface area contributed by atoms with Crippen LogP contribution in [0, 0.1) is 0 Å². The molecular formula is C17H17NS2. The van der Waals surface area contributed by atoms with E-state index in [0.717, 1.165) is 0 Å². The van der Waals surface area contributed by atoms with Crippen LogP contribution in [0.5, 0.6) is 0 Å². The number of hydrogen-bond acceptors (Lipinski definition) is 3. The Hall–Kier alpha value is -1.16. The van der Waals surface area contributed by atoms with E-state index >= 15 is 0 Å². The summed E-state index contributed by atoms with van der Waals surface area (Å²) < 4.78 is 2.82. The largest absolute Gasteiger partial charge is 0.309 e. The Labute approximate surface area is 127 Å². The van der Waals surface area contributed by atoms with Crippen LogP contribution in [-0.4, -0.2) is 7.05 Å². The van der Waals surface area contributed by atoms with Gasteiger partial charge in [0, 0.05) is 14.3 Å². The monoisotopic (exact) mass is 299 g/mol. The van der Waals surface area contributed by atoms with E-state index in [1.807, 2.05) is 22.7 Å². The van der Waals surface area contributed by atoms with Crippen LogP contribution < -0.4 is 5.32 Å². The highest BCUT2D eigenvalue weighted by atomic mass is 32.1. The second-order valence-corrected chi connectivity index (χ2v) is 7.46. The van der Waals surface area contributed by atoms with Crippen LogP contribution in [0.1, 0.15) is 34.0 Å². The van der Waals surface area contributed by atoms with Crippen molar-refractivity contribution in [3.63, 3.8) is 0 Å². The molecule has 0 radical (unpaired) electrons. The molecule has 0 spiro atoms. The molecule has 1 unspecified atom stereocenters. The molecule has 4 rings (SSSR count). The van der Waals surface area contributed by atoms with E-state index in [0.29, 0.717) is 6.04 Å². The Morgan fingerprint density at radius 2 is 1.95 bits per heavy atom. The Morgan fingerprint density at radius 3 is 2.80 bits per heavy atom. The molecule has 0 amide bonds. The van der Waals surface area contributed by atoms with E-state index < -0.39 is 0 Å². The van der Waals surface area contributed by atoms with Gasteiger partial charge in [-0.25, -0.2) is 0 Å². The van der Waals surface area contributed by atoms with E-state index in [2.05, 4.69) is 48.1 Å². The molecule has 1 nitrogen and oxygen atoms in total. The van der Waals surface area contributed by atoms with Crippen molar-refractivity contribution in [1.29, 1.82) is 0 Å². The van der Waals surface area contributed by atoms with Crippen molar-refractivity contribution < 1.29 is 0 Å². The highest BCUT2D eigenvalue weighted by Gasteiger charge is 2.18. The fourth-order valence-electron chi connectivity index (χ4n) is 3.17. The Bertz CT molecular complexity index is 725.